The number of hydrogen-bond donors (Lipinski definition) is 0. The van der Waals surface area contributed by atoms with Gasteiger partial charge in [0.05, 0.1) is 11.6 Å². The van der Waals surface area contributed by atoms with Crippen LogP contribution in [0.4, 0.5) is 0 Å². The molecule has 3 aromatic carbocycles. The maximum atomic E-state index is 11.6. The number of hydrogen-bond acceptors (Lipinski definition) is 7. The Morgan fingerprint density at radius 2 is 1.86 bits per heavy atom. The zero-order chi connectivity index (χ0) is 25.7. The largest absolute Gasteiger partial charge is 0.493 e. The third kappa shape index (κ3) is 6.18. The SMILES string of the molecule is COc1cc([C@@H](C[N+](=O)[O-])Sc2nnc(C)n2-c2ccc(Cl)cc2)cc(Br)c1OCc1ccccc1. The summed E-state index contributed by atoms with van der Waals surface area (Å²) < 4.78 is 14.1. The molecule has 1 heterocycles. The Hall–Kier alpha value is -3.08. The molecular formula is C25H22BrClN4O4S. The molecule has 0 bridgehead atoms. The van der Waals surface area contributed by atoms with Gasteiger partial charge in [0, 0.05) is 15.6 Å². The second-order valence-electron chi connectivity index (χ2n) is 7.77. The number of aromatic nitrogens is 3. The number of rotatable bonds is 10. The molecule has 11 heteroatoms. The van der Waals surface area contributed by atoms with Gasteiger partial charge in [-0.1, -0.05) is 53.7 Å². The molecule has 0 N–H and O–H groups in total. The molecule has 4 aromatic rings. The Morgan fingerprint density at radius 3 is 2.53 bits per heavy atom. The number of aryl methyl sites for hydroxylation is 1. The van der Waals surface area contributed by atoms with Crippen molar-refractivity contribution in [3.8, 4) is 17.2 Å². The van der Waals surface area contributed by atoms with E-state index in [0.717, 1.165) is 11.3 Å². The van der Waals surface area contributed by atoms with Crippen molar-refractivity contribution in [3.63, 3.8) is 0 Å². The van der Waals surface area contributed by atoms with E-state index < -0.39 is 5.25 Å². The van der Waals surface area contributed by atoms with Crippen LogP contribution in [0.5, 0.6) is 11.5 Å². The van der Waals surface area contributed by atoms with Gasteiger partial charge in [0.25, 0.3) is 0 Å². The fraction of sp³-hybridized carbons (Fsp3) is 0.200. The minimum atomic E-state index is -0.567. The molecule has 1 aromatic heterocycles. The quantitative estimate of drug-likeness (QED) is 0.116. The van der Waals surface area contributed by atoms with E-state index in [0.29, 0.717) is 44.1 Å². The molecule has 0 amide bonds. The summed E-state index contributed by atoms with van der Waals surface area (Å²) in [7, 11) is 1.54. The maximum absolute atomic E-state index is 11.6. The fourth-order valence-electron chi connectivity index (χ4n) is 3.58. The second kappa shape index (κ2) is 11.8. The molecule has 0 saturated heterocycles. The van der Waals surface area contributed by atoms with E-state index in [-0.39, 0.29) is 11.5 Å². The molecule has 0 spiro atoms. The van der Waals surface area contributed by atoms with E-state index in [1.807, 2.05) is 60.0 Å². The summed E-state index contributed by atoms with van der Waals surface area (Å²) in [4.78, 5) is 11.3. The van der Waals surface area contributed by atoms with E-state index in [4.69, 9.17) is 21.1 Å². The van der Waals surface area contributed by atoms with E-state index in [1.165, 1.54) is 18.9 Å². The first-order valence-corrected chi connectivity index (χ1v) is 12.9. The molecule has 0 aliphatic carbocycles. The fourth-order valence-corrected chi connectivity index (χ4v) is 5.43. The van der Waals surface area contributed by atoms with Crippen molar-refractivity contribution in [2.45, 2.75) is 23.9 Å². The zero-order valence-corrected chi connectivity index (χ0v) is 22.6. The number of ether oxygens (including phenoxy) is 2. The summed E-state index contributed by atoms with van der Waals surface area (Å²) in [6.45, 7) is 1.86. The minimum Gasteiger partial charge on any atom is -0.493 e. The Labute approximate surface area is 225 Å². The van der Waals surface area contributed by atoms with Gasteiger partial charge < -0.3 is 9.47 Å². The topological polar surface area (TPSA) is 92.3 Å². The van der Waals surface area contributed by atoms with Crippen molar-refractivity contribution in [2.75, 3.05) is 13.7 Å². The molecule has 0 aliphatic heterocycles. The third-order valence-corrected chi connectivity index (χ3v) is 7.31. The lowest BCUT2D eigenvalue weighted by Gasteiger charge is -2.18. The number of halogens is 2. The van der Waals surface area contributed by atoms with Crippen molar-refractivity contribution in [3.05, 3.63) is 103 Å². The van der Waals surface area contributed by atoms with Gasteiger partial charge in [0.15, 0.2) is 16.7 Å². The Kier molecular flexibility index (Phi) is 8.50. The van der Waals surface area contributed by atoms with Crippen molar-refractivity contribution in [2.24, 2.45) is 0 Å². The number of methoxy groups -OCH3 is 1. The molecule has 4 rings (SSSR count). The third-order valence-electron chi connectivity index (χ3n) is 5.29. The van der Waals surface area contributed by atoms with Crippen LogP contribution < -0.4 is 9.47 Å². The van der Waals surface area contributed by atoms with Gasteiger partial charge in [-0.25, -0.2) is 0 Å². The summed E-state index contributed by atoms with van der Waals surface area (Å²) in [6, 6.07) is 20.6. The highest BCUT2D eigenvalue weighted by molar-refractivity contribution is 9.10. The highest BCUT2D eigenvalue weighted by Crippen LogP contribution is 2.43. The molecular weight excluding hydrogens is 568 g/mol. The van der Waals surface area contributed by atoms with Crippen LogP contribution in [0.15, 0.2) is 76.4 Å². The molecule has 1 atom stereocenters. The molecule has 0 aliphatic rings. The van der Waals surface area contributed by atoms with Crippen molar-refractivity contribution >= 4 is 39.3 Å². The molecule has 0 unspecified atom stereocenters. The lowest BCUT2D eigenvalue weighted by Crippen LogP contribution is -2.12. The highest BCUT2D eigenvalue weighted by atomic mass is 79.9. The average Bonchev–Trinajstić information content (AvgIpc) is 3.23. The van der Waals surface area contributed by atoms with Gasteiger partial charge in [-0.3, -0.25) is 14.7 Å². The van der Waals surface area contributed by atoms with E-state index in [2.05, 4.69) is 26.1 Å². The van der Waals surface area contributed by atoms with E-state index in [1.54, 1.807) is 18.2 Å². The van der Waals surface area contributed by atoms with Crippen molar-refractivity contribution < 1.29 is 14.4 Å². The monoisotopic (exact) mass is 588 g/mol. The standard InChI is InChI=1S/C25H22BrClN4O4S/c1-16-28-29-25(31(16)20-10-8-19(27)9-11-20)36-23(14-30(32)33)18-12-21(26)24(22(13-18)34-2)35-15-17-6-4-3-5-7-17/h3-13,23H,14-15H2,1-2H3/t23-/m1/s1. The Balaban J connectivity index is 1.65. The van der Waals surface area contributed by atoms with Crippen LogP contribution in [0.25, 0.3) is 5.69 Å². The minimum absolute atomic E-state index is 0.322. The summed E-state index contributed by atoms with van der Waals surface area (Å²) in [5, 5.41) is 20.7. The summed E-state index contributed by atoms with van der Waals surface area (Å²) in [6.07, 6.45) is 0. The molecule has 0 saturated carbocycles. The van der Waals surface area contributed by atoms with Crippen molar-refractivity contribution in [1.29, 1.82) is 0 Å². The first-order chi connectivity index (χ1) is 17.4. The number of thioether (sulfide) groups is 1. The van der Waals surface area contributed by atoms with Crippen LogP contribution in [-0.2, 0) is 6.61 Å². The van der Waals surface area contributed by atoms with Crippen LogP contribution in [0.3, 0.4) is 0 Å². The number of benzene rings is 3. The molecule has 8 nitrogen and oxygen atoms in total. The van der Waals surface area contributed by atoms with Gasteiger partial charge in [-0.05, 0) is 70.4 Å². The summed E-state index contributed by atoms with van der Waals surface area (Å²) in [5.74, 6) is 1.65. The number of nitrogens with zero attached hydrogens (tertiary/aromatic N) is 4. The lowest BCUT2D eigenvalue weighted by molar-refractivity contribution is -0.479. The van der Waals surface area contributed by atoms with Gasteiger partial charge in [-0.15, -0.1) is 10.2 Å². The van der Waals surface area contributed by atoms with Crippen molar-refractivity contribution in [1.82, 2.24) is 14.8 Å². The summed E-state index contributed by atoms with van der Waals surface area (Å²) >= 11 is 10.9. The van der Waals surface area contributed by atoms with Gasteiger partial charge in [-0.2, -0.15) is 0 Å². The second-order valence-corrected chi connectivity index (χ2v) is 10.2. The molecule has 36 heavy (non-hydrogen) atoms. The smallest absolute Gasteiger partial charge is 0.220 e. The van der Waals surface area contributed by atoms with Crippen LogP contribution in [0.1, 0.15) is 22.2 Å². The lowest BCUT2D eigenvalue weighted by atomic mass is 10.1. The predicted octanol–water partition coefficient (Wildman–Crippen LogP) is 6.69. The first-order valence-electron chi connectivity index (χ1n) is 10.9. The Morgan fingerprint density at radius 1 is 1.14 bits per heavy atom. The normalized spacial score (nSPS) is 11.8. The maximum Gasteiger partial charge on any atom is 0.220 e. The molecule has 186 valence electrons. The molecule has 0 fully saturated rings. The van der Waals surface area contributed by atoms with Crippen LogP contribution in [-0.4, -0.2) is 33.3 Å². The van der Waals surface area contributed by atoms with Crippen LogP contribution in [0, 0.1) is 17.0 Å². The van der Waals surface area contributed by atoms with Gasteiger partial charge in [0.1, 0.15) is 17.7 Å². The predicted molar refractivity (Wildman–Crippen MR) is 143 cm³/mol. The number of nitro groups is 1. The van der Waals surface area contributed by atoms with E-state index in [9.17, 15) is 10.1 Å². The van der Waals surface area contributed by atoms with Gasteiger partial charge >= 0.3 is 0 Å². The van der Waals surface area contributed by atoms with Crippen LogP contribution in [0.2, 0.25) is 5.02 Å². The zero-order valence-electron chi connectivity index (χ0n) is 19.4. The highest BCUT2D eigenvalue weighted by Gasteiger charge is 2.26. The average molecular weight is 590 g/mol. The van der Waals surface area contributed by atoms with Crippen LogP contribution >= 0.6 is 39.3 Å². The van der Waals surface area contributed by atoms with Gasteiger partial charge in [0.2, 0.25) is 6.54 Å². The van der Waals surface area contributed by atoms with E-state index >= 15 is 0 Å². The summed E-state index contributed by atoms with van der Waals surface area (Å²) in [5.41, 5.74) is 2.51. The Bertz CT molecular complexity index is 1350. The first kappa shape index (κ1) is 26.0. The molecule has 0 radical (unpaired) electrons.